The van der Waals surface area contributed by atoms with E-state index in [1.807, 2.05) is 45.0 Å². The van der Waals surface area contributed by atoms with Crippen molar-refractivity contribution >= 4 is 11.6 Å². The van der Waals surface area contributed by atoms with Crippen LogP contribution in [0.1, 0.15) is 32.0 Å². The molecule has 1 aromatic heterocycles. The number of benzene rings is 1. The molecule has 20 heavy (non-hydrogen) atoms. The molecule has 0 amide bonds. The van der Waals surface area contributed by atoms with Crippen molar-refractivity contribution in [1.29, 1.82) is 0 Å². The third-order valence-corrected chi connectivity index (χ3v) is 3.48. The molecule has 4 nitrogen and oxygen atoms in total. The maximum absolute atomic E-state index is 9.56. The summed E-state index contributed by atoms with van der Waals surface area (Å²) in [6, 6.07) is 7.49. The van der Waals surface area contributed by atoms with E-state index in [0.29, 0.717) is 10.7 Å². The molecule has 1 aromatic carbocycles. The topological polar surface area (TPSA) is 47.3 Å². The summed E-state index contributed by atoms with van der Waals surface area (Å²) >= 11 is 6.37. The lowest BCUT2D eigenvalue weighted by Crippen LogP contribution is -2.15. The zero-order valence-electron chi connectivity index (χ0n) is 12.1. The molecule has 1 N–H and O–H groups in total. The molecular weight excluding hydrogens is 276 g/mol. The number of hydrogen-bond donors (Lipinski definition) is 1. The van der Waals surface area contributed by atoms with Crippen LogP contribution in [-0.2, 0) is 12.0 Å². The number of methoxy groups -OCH3 is 1. The lowest BCUT2D eigenvalue weighted by molar-refractivity contribution is 0.278. The van der Waals surface area contributed by atoms with Crippen molar-refractivity contribution in [3.63, 3.8) is 0 Å². The molecule has 2 rings (SSSR count). The molecule has 0 saturated carbocycles. The van der Waals surface area contributed by atoms with Gasteiger partial charge in [0.15, 0.2) is 0 Å². The van der Waals surface area contributed by atoms with Crippen molar-refractivity contribution < 1.29 is 9.84 Å². The first-order valence-corrected chi connectivity index (χ1v) is 6.79. The first-order valence-electron chi connectivity index (χ1n) is 6.41. The zero-order chi connectivity index (χ0) is 14.9. The monoisotopic (exact) mass is 294 g/mol. The number of nitrogens with zero attached hydrogens (tertiary/aromatic N) is 2. The van der Waals surface area contributed by atoms with E-state index in [9.17, 15) is 5.11 Å². The summed E-state index contributed by atoms with van der Waals surface area (Å²) in [7, 11) is 1.61. The maximum atomic E-state index is 9.56. The van der Waals surface area contributed by atoms with Gasteiger partial charge in [-0.1, -0.05) is 38.4 Å². The fourth-order valence-electron chi connectivity index (χ4n) is 2.09. The van der Waals surface area contributed by atoms with Gasteiger partial charge in [0.25, 0.3) is 0 Å². The van der Waals surface area contributed by atoms with Crippen molar-refractivity contribution in [2.75, 3.05) is 7.11 Å². The Kier molecular flexibility index (Phi) is 4.06. The largest absolute Gasteiger partial charge is 0.497 e. The molecule has 0 saturated heterocycles. The number of halogens is 1. The first kappa shape index (κ1) is 14.9. The van der Waals surface area contributed by atoms with E-state index < -0.39 is 0 Å². The Morgan fingerprint density at radius 2 is 2.05 bits per heavy atom. The van der Waals surface area contributed by atoms with Gasteiger partial charge in [-0.15, -0.1) is 0 Å². The van der Waals surface area contributed by atoms with Gasteiger partial charge in [-0.25, -0.2) is 4.68 Å². The van der Waals surface area contributed by atoms with Crippen LogP contribution in [0.4, 0.5) is 0 Å². The number of hydrogen-bond acceptors (Lipinski definition) is 3. The first-order chi connectivity index (χ1) is 9.38. The van der Waals surface area contributed by atoms with Gasteiger partial charge in [0.05, 0.1) is 25.1 Å². The summed E-state index contributed by atoms with van der Waals surface area (Å²) in [4.78, 5) is 0. The average Bonchev–Trinajstić information content (AvgIpc) is 2.75. The molecule has 0 fully saturated rings. The molecule has 0 spiro atoms. The Hall–Kier alpha value is -1.52. The quantitative estimate of drug-likeness (QED) is 0.944. The predicted octanol–water partition coefficient (Wildman–Crippen LogP) is 3.32. The van der Waals surface area contributed by atoms with E-state index in [1.54, 1.807) is 11.8 Å². The van der Waals surface area contributed by atoms with Crippen LogP contribution < -0.4 is 4.74 Å². The van der Waals surface area contributed by atoms with Crippen molar-refractivity contribution in [1.82, 2.24) is 9.78 Å². The summed E-state index contributed by atoms with van der Waals surface area (Å²) < 4.78 is 6.85. The summed E-state index contributed by atoms with van der Waals surface area (Å²) in [5, 5.41) is 14.6. The molecule has 5 heteroatoms. The van der Waals surface area contributed by atoms with Crippen LogP contribution in [0.25, 0.3) is 5.69 Å². The fraction of sp³-hybridized carbons (Fsp3) is 0.400. The second-order valence-electron chi connectivity index (χ2n) is 5.64. The van der Waals surface area contributed by atoms with Crippen molar-refractivity contribution in [2.24, 2.45) is 0 Å². The Bertz CT molecular complexity index is 615. The Morgan fingerprint density at radius 3 is 2.55 bits per heavy atom. The van der Waals surface area contributed by atoms with Gasteiger partial charge >= 0.3 is 0 Å². The highest BCUT2D eigenvalue weighted by Crippen LogP contribution is 2.32. The van der Waals surface area contributed by atoms with Crippen molar-refractivity contribution in [3.8, 4) is 11.4 Å². The Morgan fingerprint density at radius 1 is 1.35 bits per heavy atom. The molecule has 2 aromatic rings. The summed E-state index contributed by atoms with van der Waals surface area (Å²) in [5.74, 6) is 0.733. The molecular formula is C15H19ClN2O2. The van der Waals surface area contributed by atoms with Crippen LogP contribution in [0, 0.1) is 0 Å². The molecule has 1 heterocycles. The van der Waals surface area contributed by atoms with Crippen LogP contribution in [0.2, 0.25) is 5.15 Å². The summed E-state index contributed by atoms with van der Waals surface area (Å²) in [6.45, 7) is 6.00. The van der Waals surface area contributed by atoms with Crippen LogP contribution in [0.3, 0.4) is 0 Å². The van der Waals surface area contributed by atoms with Crippen LogP contribution in [-0.4, -0.2) is 22.0 Å². The minimum Gasteiger partial charge on any atom is -0.497 e. The van der Waals surface area contributed by atoms with Gasteiger partial charge in [0.1, 0.15) is 10.9 Å². The normalized spacial score (nSPS) is 11.7. The zero-order valence-corrected chi connectivity index (χ0v) is 12.9. The van der Waals surface area contributed by atoms with Crippen LogP contribution in [0.15, 0.2) is 24.3 Å². The smallest absolute Gasteiger partial charge is 0.138 e. The second-order valence-corrected chi connectivity index (χ2v) is 6.00. The molecule has 108 valence electrons. The van der Waals surface area contributed by atoms with E-state index in [-0.39, 0.29) is 12.0 Å². The van der Waals surface area contributed by atoms with Gasteiger partial charge in [-0.05, 0) is 12.1 Å². The molecule has 0 aliphatic rings. The fourth-order valence-corrected chi connectivity index (χ4v) is 2.37. The number of aliphatic hydroxyl groups is 1. The SMILES string of the molecule is COc1cccc(-n2nc(C(C)(C)C)c(CO)c2Cl)c1. The molecule has 0 aliphatic heterocycles. The molecule has 0 radical (unpaired) electrons. The lowest BCUT2D eigenvalue weighted by atomic mass is 9.90. The third-order valence-electron chi connectivity index (χ3n) is 3.09. The molecule has 0 unspecified atom stereocenters. The summed E-state index contributed by atoms with van der Waals surface area (Å²) in [5.41, 5.74) is 2.08. The van der Waals surface area contributed by atoms with E-state index in [4.69, 9.17) is 16.3 Å². The highest BCUT2D eigenvalue weighted by Gasteiger charge is 2.26. The highest BCUT2D eigenvalue weighted by molar-refractivity contribution is 6.30. The van der Waals surface area contributed by atoms with Gasteiger partial charge in [0.2, 0.25) is 0 Å². The van der Waals surface area contributed by atoms with Crippen LogP contribution in [0.5, 0.6) is 5.75 Å². The minimum atomic E-state index is -0.189. The van der Waals surface area contributed by atoms with E-state index in [0.717, 1.165) is 17.1 Å². The minimum absolute atomic E-state index is 0.130. The highest BCUT2D eigenvalue weighted by atomic mass is 35.5. The molecule has 0 atom stereocenters. The molecule has 0 bridgehead atoms. The Balaban J connectivity index is 2.60. The van der Waals surface area contributed by atoms with Crippen LogP contribution >= 0.6 is 11.6 Å². The number of aliphatic hydroxyl groups excluding tert-OH is 1. The Labute approximate surface area is 123 Å². The van der Waals surface area contributed by atoms with Crippen molar-refractivity contribution in [2.45, 2.75) is 32.8 Å². The number of rotatable bonds is 3. The number of aromatic nitrogens is 2. The third kappa shape index (κ3) is 2.67. The van der Waals surface area contributed by atoms with E-state index in [1.165, 1.54) is 0 Å². The summed E-state index contributed by atoms with van der Waals surface area (Å²) in [6.07, 6.45) is 0. The van der Waals surface area contributed by atoms with E-state index >= 15 is 0 Å². The van der Waals surface area contributed by atoms with Gasteiger partial charge in [-0.2, -0.15) is 5.10 Å². The van der Waals surface area contributed by atoms with Gasteiger partial charge in [-0.3, -0.25) is 0 Å². The lowest BCUT2D eigenvalue weighted by Gasteiger charge is -2.16. The predicted molar refractivity (Wildman–Crippen MR) is 79.7 cm³/mol. The number of ether oxygens (including phenoxy) is 1. The standard InChI is InChI=1S/C15H19ClN2O2/c1-15(2,3)13-12(9-19)14(16)18(17-13)10-6-5-7-11(8-10)20-4/h5-8,19H,9H2,1-4H3. The molecule has 0 aliphatic carbocycles. The second kappa shape index (κ2) is 5.46. The maximum Gasteiger partial charge on any atom is 0.138 e. The van der Waals surface area contributed by atoms with Gasteiger partial charge < -0.3 is 9.84 Å². The van der Waals surface area contributed by atoms with Crippen molar-refractivity contribution in [3.05, 3.63) is 40.7 Å². The van der Waals surface area contributed by atoms with Gasteiger partial charge in [0, 0.05) is 17.0 Å². The average molecular weight is 295 g/mol. The van der Waals surface area contributed by atoms with E-state index in [2.05, 4.69) is 5.10 Å².